The first-order valence-corrected chi connectivity index (χ1v) is 9.46. The van der Waals surface area contributed by atoms with Gasteiger partial charge in [0, 0.05) is 18.3 Å². The molecule has 0 aliphatic rings. The molecule has 0 radical (unpaired) electrons. The third-order valence-corrected chi connectivity index (χ3v) is 5.07. The van der Waals surface area contributed by atoms with E-state index in [-0.39, 0.29) is 18.7 Å². The van der Waals surface area contributed by atoms with Gasteiger partial charge in [-0.25, -0.2) is 8.42 Å². The fourth-order valence-corrected chi connectivity index (χ4v) is 3.16. The Bertz CT molecular complexity index is 754. The number of sulfone groups is 1. The van der Waals surface area contributed by atoms with Gasteiger partial charge in [0.05, 0.1) is 11.5 Å². The molecule has 2 atom stereocenters. The molecule has 124 valence electrons. The lowest BCUT2D eigenvalue weighted by atomic mass is 10.0. The average molecular weight is 333 g/mol. The summed E-state index contributed by atoms with van der Waals surface area (Å²) in [6.45, 7) is 4.14. The predicted molar refractivity (Wildman–Crippen MR) is 91.9 cm³/mol. The Morgan fingerprint density at radius 3 is 2.17 bits per heavy atom. The van der Waals surface area contributed by atoms with Crippen LogP contribution in [0.2, 0.25) is 0 Å². The van der Waals surface area contributed by atoms with Crippen molar-refractivity contribution in [2.75, 3.05) is 6.26 Å². The van der Waals surface area contributed by atoms with Gasteiger partial charge < -0.3 is 10.4 Å². The quantitative estimate of drug-likeness (QED) is 0.853. The number of hydrogen-bond donors (Lipinski definition) is 2. The van der Waals surface area contributed by atoms with E-state index in [1.54, 1.807) is 12.1 Å². The summed E-state index contributed by atoms with van der Waals surface area (Å²) in [7, 11) is -3.16. The van der Waals surface area contributed by atoms with Crippen molar-refractivity contribution in [2.24, 2.45) is 0 Å². The minimum Gasteiger partial charge on any atom is -0.392 e. The van der Waals surface area contributed by atoms with Crippen LogP contribution in [0.25, 0.3) is 0 Å². The van der Waals surface area contributed by atoms with E-state index in [0.717, 1.165) is 16.7 Å². The summed E-state index contributed by atoms with van der Waals surface area (Å²) in [5, 5.41) is 12.7. The molecule has 2 aromatic carbocycles. The van der Waals surface area contributed by atoms with E-state index >= 15 is 0 Å². The molecule has 0 aliphatic carbocycles. The van der Waals surface area contributed by atoms with Crippen LogP contribution in [0.15, 0.2) is 53.4 Å². The molecule has 0 heterocycles. The minimum absolute atomic E-state index is 0.0308. The molecule has 0 amide bonds. The van der Waals surface area contributed by atoms with Gasteiger partial charge in [0.15, 0.2) is 9.84 Å². The van der Waals surface area contributed by atoms with Crippen molar-refractivity contribution >= 4 is 9.84 Å². The predicted octanol–water partition coefficient (Wildman–Crippen LogP) is 2.99. The van der Waals surface area contributed by atoms with Gasteiger partial charge in [-0.3, -0.25) is 0 Å². The number of nitrogens with one attached hydrogen (secondary N) is 1. The molecular formula is C18H23NO3S. The lowest BCUT2D eigenvalue weighted by molar-refractivity contribution is 0.281. The van der Waals surface area contributed by atoms with Gasteiger partial charge in [-0.15, -0.1) is 0 Å². The molecular weight excluding hydrogens is 310 g/mol. The highest BCUT2D eigenvalue weighted by Gasteiger charge is 2.13. The molecule has 0 saturated heterocycles. The third kappa shape index (κ3) is 4.64. The van der Waals surface area contributed by atoms with Gasteiger partial charge in [0.1, 0.15) is 0 Å². The van der Waals surface area contributed by atoms with E-state index in [1.165, 1.54) is 6.26 Å². The Hall–Kier alpha value is -1.69. The number of aliphatic hydroxyl groups excluding tert-OH is 1. The number of rotatable bonds is 6. The van der Waals surface area contributed by atoms with Crippen LogP contribution in [0, 0.1) is 0 Å². The Morgan fingerprint density at radius 1 is 1.00 bits per heavy atom. The summed E-state index contributed by atoms with van der Waals surface area (Å²) >= 11 is 0. The number of benzene rings is 2. The van der Waals surface area contributed by atoms with Crippen molar-refractivity contribution in [2.45, 2.75) is 37.4 Å². The molecule has 2 N–H and O–H groups in total. The topological polar surface area (TPSA) is 66.4 Å². The third-order valence-electron chi connectivity index (χ3n) is 3.94. The monoisotopic (exact) mass is 333 g/mol. The van der Waals surface area contributed by atoms with Crippen LogP contribution in [0.3, 0.4) is 0 Å². The highest BCUT2D eigenvalue weighted by molar-refractivity contribution is 7.90. The van der Waals surface area contributed by atoms with Crippen molar-refractivity contribution in [3.05, 3.63) is 65.2 Å². The maximum absolute atomic E-state index is 11.5. The van der Waals surface area contributed by atoms with Crippen LogP contribution in [-0.2, 0) is 16.4 Å². The van der Waals surface area contributed by atoms with Gasteiger partial charge in [-0.2, -0.15) is 0 Å². The summed E-state index contributed by atoms with van der Waals surface area (Å²) in [5.74, 6) is 0. The van der Waals surface area contributed by atoms with Crippen molar-refractivity contribution < 1.29 is 13.5 Å². The molecule has 0 aromatic heterocycles. The van der Waals surface area contributed by atoms with Crippen LogP contribution in [0.4, 0.5) is 0 Å². The van der Waals surface area contributed by atoms with Gasteiger partial charge in [0.2, 0.25) is 0 Å². The van der Waals surface area contributed by atoms with E-state index in [4.69, 9.17) is 0 Å². The summed E-state index contributed by atoms with van der Waals surface area (Å²) < 4.78 is 23.0. The van der Waals surface area contributed by atoms with Crippen molar-refractivity contribution in [1.82, 2.24) is 5.32 Å². The zero-order valence-corrected chi connectivity index (χ0v) is 14.5. The highest BCUT2D eigenvalue weighted by Crippen LogP contribution is 2.21. The Balaban J connectivity index is 2.10. The molecule has 0 fully saturated rings. The van der Waals surface area contributed by atoms with Gasteiger partial charge in [-0.05, 0) is 42.7 Å². The van der Waals surface area contributed by atoms with E-state index in [9.17, 15) is 13.5 Å². The molecule has 2 rings (SSSR count). The molecule has 5 heteroatoms. The first-order chi connectivity index (χ1) is 10.8. The fraction of sp³-hybridized carbons (Fsp3) is 0.333. The normalized spacial score (nSPS) is 14.4. The molecule has 4 nitrogen and oxygen atoms in total. The molecule has 23 heavy (non-hydrogen) atoms. The van der Waals surface area contributed by atoms with Crippen LogP contribution < -0.4 is 5.32 Å². The second kappa shape index (κ2) is 7.25. The largest absolute Gasteiger partial charge is 0.392 e. The maximum Gasteiger partial charge on any atom is 0.175 e. The Morgan fingerprint density at radius 2 is 1.61 bits per heavy atom. The minimum atomic E-state index is -3.16. The summed E-state index contributed by atoms with van der Waals surface area (Å²) in [4.78, 5) is 0.331. The van der Waals surface area contributed by atoms with Crippen molar-refractivity contribution in [3.63, 3.8) is 0 Å². The average Bonchev–Trinajstić information content (AvgIpc) is 2.54. The van der Waals surface area contributed by atoms with E-state index in [1.807, 2.05) is 43.3 Å². The molecule has 2 aromatic rings. The number of aliphatic hydroxyl groups is 1. The Kier molecular flexibility index (Phi) is 5.57. The van der Waals surface area contributed by atoms with Crippen LogP contribution in [0.5, 0.6) is 0 Å². The SMILES string of the molecule is CC(NC(C)c1cccc(CO)c1)c1ccc(S(C)(=O)=O)cc1. The lowest BCUT2D eigenvalue weighted by Crippen LogP contribution is -2.22. The maximum atomic E-state index is 11.5. The van der Waals surface area contributed by atoms with Crippen molar-refractivity contribution in [1.29, 1.82) is 0 Å². The van der Waals surface area contributed by atoms with Gasteiger partial charge in [-0.1, -0.05) is 36.4 Å². The first kappa shape index (κ1) is 17.7. The van der Waals surface area contributed by atoms with Crippen molar-refractivity contribution in [3.8, 4) is 0 Å². The molecule has 0 spiro atoms. The zero-order chi connectivity index (χ0) is 17.0. The van der Waals surface area contributed by atoms with E-state index < -0.39 is 9.84 Å². The first-order valence-electron chi connectivity index (χ1n) is 7.57. The smallest absolute Gasteiger partial charge is 0.175 e. The summed E-state index contributed by atoms with van der Waals surface area (Å²) in [6, 6.07) is 15.0. The highest BCUT2D eigenvalue weighted by atomic mass is 32.2. The van der Waals surface area contributed by atoms with Crippen LogP contribution >= 0.6 is 0 Å². The lowest BCUT2D eigenvalue weighted by Gasteiger charge is -2.21. The molecule has 2 unspecified atom stereocenters. The fourth-order valence-electron chi connectivity index (χ4n) is 2.53. The standard InChI is InChI=1S/C18H23NO3S/c1-13(16-7-9-18(10-8-16)23(3,21)22)19-14(2)17-6-4-5-15(11-17)12-20/h4-11,13-14,19-20H,12H2,1-3H3. The van der Waals surface area contributed by atoms with Gasteiger partial charge in [0.25, 0.3) is 0 Å². The molecule has 0 saturated carbocycles. The number of hydrogen-bond acceptors (Lipinski definition) is 4. The second-order valence-corrected chi connectivity index (χ2v) is 7.87. The Labute approximate surface area is 138 Å². The zero-order valence-electron chi connectivity index (χ0n) is 13.7. The second-order valence-electron chi connectivity index (χ2n) is 5.85. The van der Waals surface area contributed by atoms with Crippen LogP contribution in [-0.4, -0.2) is 19.8 Å². The molecule has 0 aliphatic heterocycles. The van der Waals surface area contributed by atoms with E-state index in [0.29, 0.717) is 4.90 Å². The van der Waals surface area contributed by atoms with Gasteiger partial charge >= 0.3 is 0 Å². The summed E-state index contributed by atoms with van der Waals surface area (Å²) in [6.07, 6.45) is 1.21. The molecule has 0 bridgehead atoms. The van der Waals surface area contributed by atoms with E-state index in [2.05, 4.69) is 12.2 Å². The summed E-state index contributed by atoms with van der Waals surface area (Å²) in [5.41, 5.74) is 3.03. The van der Waals surface area contributed by atoms with Crippen LogP contribution in [0.1, 0.15) is 42.6 Å².